The summed E-state index contributed by atoms with van der Waals surface area (Å²) >= 11 is 5.29. The highest BCUT2D eigenvalue weighted by Crippen LogP contribution is 2.35. The number of allylic oxidation sites excluding steroid dienone is 1. The summed E-state index contributed by atoms with van der Waals surface area (Å²) in [5.41, 5.74) is 4.11. The van der Waals surface area contributed by atoms with Crippen LogP contribution in [0.1, 0.15) is 31.2 Å². The number of ether oxygens (including phenoxy) is 3. The van der Waals surface area contributed by atoms with E-state index in [1.807, 2.05) is 0 Å². The quantitative estimate of drug-likeness (QED) is 0.0974. The molecule has 2 aromatic carbocycles. The minimum absolute atomic E-state index is 0.117. The van der Waals surface area contributed by atoms with Gasteiger partial charge in [0.1, 0.15) is 23.0 Å². The van der Waals surface area contributed by atoms with Gasteiger partial charge in [0.2, 0.25) is 0 Å². The number of nitro benzene ring substituents is 1. The number of thiocarbonyl (C=S) groups is 1. The van der Waals surface area contributed by atoms with Gasteiger partial charge < -0.3 is 29.3 Å². The highest BCUT2D eigenvalue weighted by molar-refractivity contribution is 7.80. The van der Waals surface area contributed by atoms with Gasteiger partial charge in [-0.3, -0.25) is 14.9 Å². The Bertz CT molecular complexity index is 1580. The monoisotopic (exact) mass is 593 g/mol. The summed E-state index contributed by atoms with van der Waals surface area (Å²) in [6.45, 7) is 3.27. The summed E-state index contributed by atoms with van der Waals surface area (Å²) < 4.78 is 22.0. The smallest absolute Gasteiger partial charge is 0.338 e. The van der Waals surface area contributed by atoms with Crippen LogP contribution in [-0.4, -0.2) is 48.5 Å². The number of amides is 1. The van der Waals surface area contributed by atoms with Crippen LogP contribution in [0.25, 0.3) is 11.3 Å². The number of hydrogen-bond donors (Lipinski definition) is 3. The van der Waals surface area contributed by atoms with Crippen molar-refractivity contribution in [2.45, 2.75) is 19.9 Å². The predicted octanol–water partition coefficient (Wildman–Crippen LogP) is 3.75. The number of nitrogens with zero attached hydrogens (tertiary/aromatic N) is 2. The Labute approximate surface area is 245 Å². The number of rotatable bonds is 11. The van der Waals surface area contributed by atoms with Gasteiger partial charge in [-0.15, -0.1) is 0 Å². The van der Waals surface area contributed by atoms with Crippen molar-refractivity contribution in [2.24, 2.45) is 5.10 Å². The largest absolute Gasteiger partial charge is 0.496 e. The Morgan fingerprint density at radius 1 is 1.19 bits per heavy atom. The number of nitrogens with one attached hydrogen (secondary N) is 3. The minimum atomic E-state index is -0.659. The van der Waals surface area contributed by atoms with E-state index in [0.29, 0.717) is 44.8 Å². The van der Waals surface area contributed by atoms with Crippen molar-refractivity contribution in [1.29, 1.82) is 0 Å². The molecule has 13 nitrogen and oxygen atoms in total. The lowest BCUT2D eigenvalue weighted by atomic mass is 9.95. The molecule has 1 aromatic heterocycles. The van der Waals surface area contributed by atoms with Crippen LogP contribution >= 0.6 is 12.2 Å². The average molecular weight is 594 g/mol. The molecule has 218 valence electrons. The molecular weight excluding hydrogens is 566 g/mol. The van der Waals surface area contributed by atoms with Crippen molar-refractivity contribution in [2.75, 3.05) is 20.3 Å². The number of carbonyl (C=O) groups excluding carboxylic acids is 2. The second-order valence-electron chi connectivity index (χ2n) is 8.75. The Balaban J connectivity index is 1.42. The third kappa shape index (κ3) is 6.90. The van der Waals surface area contributed by atoms with Gasteiger partial charge in [0, 0.05) is 23.4 Å². The van der Waals surface area contributed by atoms with E-state index < -0.39 is 22.8 Å². The normalized spacial score (nSPS) is 14.6. The first-order valence-electron chi connectivity index (χ1n) is 12.6. The van der Waals surface area contributed by atoms with Gasteiger partial charge in [-0.1, -0.05) is 18.2 Å². The number of para-hydroxylation sites is 1. The lowest BCUT2D eigenvalue weighted by Crippen LogP contribution is -2.45. The van der Waals surface area contributed by atoms with Gasteiger partial charge >= 0.3 is 5.97 Å². The molecule has 0 unspecified atom stereocenters. The van der Waals surface area contributed by atoms with Crippen LogP contribution < -0.4 is 25.5 Å². The molecule has 0 radical (unpaired) electrons. The Kier molecular flexibility index (Phi) is 9.50. The molecule has 0 saturated heterocycles. The van der Waals surface area contributed by atoms with Crippen LogP contribution in [0, 0.1) is 10.1 Å². The predicted molar refractivity (Wildman–Crippen MR) is 156 cm³/mol. The number of non-ortho nitro benzene ring substituents is 1. The first kappa shape index (κ1) is 29.7. The number of nitro groups is 1. The van der Waals surface area contributed by atoms with Crippen LogP contribution in [0.2, 0.25) is 0 Å². The summed E-state index contributed by atoms with van der Waals surface area (Å²) in [6, 6.07) is 13.6. The summed E-state index contributed by atoms with van der Waals surface area (Å²) in [5, 5.41) is 21.4. The minimum Gasteiger partial charge on any atom is -0.496 e. The number of furan rings is 1. The lowest BCUT2D eigenvalue weighted by Gasteiger charge is -2.30. The molecule has 3 aromatic rings. The second kappa shape index (κ2) is 13.4. The molecule has 0 fully saturated rings. The maximum absolute atomic E-state index is 12.7. The summed E-state index contributed by atoms with van der Waals surface area (Å²) in [4.78, 5) is 35.8. The van der Waals surface area contributed by atoms with Crippen molar-refractivity contribution in [3.8, 4) is 22.8 Å². The fourth-order valence-corrected chi connectivity index (χ4v) is 4.44. The Morgan fingerprint density at radius 3 is 2.71 bits per heavy atom. The molecule has 0 aliphatic carbocycles. The maximum Gasteiger partial charge on any atom is 0.338 e. The van der Waals surface area contributed by atoms with Gasteiger partial charge in [-0.05, 0) is 50.3 Å². The molecule has 0 bridgehead atoms. The Morgan fingerprint density at radius 2 is 1.98 bits per heavy atom. The zero-order chi connectivity index (χ0) is 30.2. The zero-order valence-electron chi connectivity index (χ0n) is 22.8. The fourth-order valence-electron chi connectivity index (χ4n) is 4.17. The molecule has 0 saturated carbocycles. The van der Waals surface area contributed by atoms with Crippen molar-refractivity contribution in [3.05, 3.63) is 87.3 Å². The number of carbonyl (C=O) groups is 2. The first-order chi connectivity index (χ1) is 20.2. The molecule has 1 aliphatic heterocycles. The van der Waals surface area contributed by atoms with Gasteiger partial charge in [0.15, 0.2) is 11.7 Å². The van der Waals surface area contributed by atoms with E-state index in [1.165, 1.54) is 31.5 Å². The van der Waals surface area contributed by atoms with E-state index >= 15 is 0 Å². The van der Waals surface area contributed by atoms with Crippen LogP contribution in [0.15, 0.2) is 75.4 Å². The van der Waals surface area contributed by atoms with E-state index in [2.05, 4.69) is 21.2 Å². The standard InChI is InChI=1S/C28H27N5O8S/c1-4-39-27(35)25-16(2)30-28(42)31-26(25)19-7-5-6-8-22(19)40-15-24(34)32-29-14-18-10-12-23(41-18)20-13-17(33(36)37)9-11-21(20)38-3/h5-14,26H,4,15H2,1-3H3,(H,32,34)(H2,30,31,42)/t26-/m1/s1. The van der Waals surface area contributed by atoms with Crippen molar-refractivity contribution in [3.63, 3.8) is 0 Å². The van der Waals surface area contributed by atoms with E-state index in [-0.39, 0.29) is 24.7 Å². The van der Waals surface area contributed by atoms with Crippen LogP contribution in [0.4, 0.5) is 5.69 Å². The SMILES string of the molecule is CCOC(=O)C1=C(C)NC(=S)N[C@@H]1c1ccccc1OCC(=O)NN=Cc1ccc(-c2cc([N+](=O)[O-])ccc2OC)o1. The number of hydrazone groups is 1. The third-order valence-electron chi connectivity index (χ3n) is 6.02. The van der Waals surface area contributed by atoms with E-state index in [4.69, 9.17) is 30.8 Å². The topological polar surface area (TPSA) is 167 Å². The Hall–Kier alpha value is -5.24. The molecule has 4 rings (SSSR count). The molecule has 0 spiro atoms. The highest BCUT2D eigenvalue weighted by Gasteiger charge is 2.32. The van der Waals surface area contributed by atoms with Gasteiger partial charge in [-0.25, -0.2) is 10.2 Å². The van der Waals surface area contributed by atoms with Crippen molar-refractivity contribution >= 4 is 41.1 Å². The summed E-state index contributed by atoms with van der Waals surface area (Å²) in [5.74, 6) is 0.293. The second-order valence-corrected chi connectivity index (χ2v) is 9.16. The molecule has 42 heavy (non-hydrogen) atoms. The molecule has 14 heteroatoms. The summed E-state index contributed by atoms with van der Waals surface area (Å²) in [7, 11) is 1.45. The maximum atomic E-state index is 12.7. The molecule has 2 heterocycles. The lowest BCUT2D eigenvalue weighted by molar-refractivity contribution is -0.384. The fraction of sp³-hybridized carbons (Fsp3) is 0.214. The molecular formula is C28H27N5O8S. The van der Waals surface area contributed by atoms with Gasteiger partial charge in [0.25, 0.3) is 11.6 Å². The van der Waals surface area contributed by atoms with Gasteiger partial charge in [0.05, 0.1) is 42.0 Å². The molecule has 1 aliphatic rings. The van der Waals surface area contributed by atoms with Gasteiger partial charge in [-0.2, -0.15) is 5.10 Å². The van der Waals surface area contributed by atoms with Crippen molar-refractivity contribution < 1.29 is 33.1 Å². The van der Waals surface area contributed by atoms with Crippen LogP contribution in [0.5, 0.6) is 11.5 Å². The van der Waals surface area contributed by atoms with Crippen LogP contribution in [-0.2, 0) is 14.3 Å². The highest BCUT2D eigenvalue weighted by atomic mass is 32.1. The van der Waals surface area contributed by atoms with E-state index in [9.17, 15) is 19.7 Å². The van der Waals surface area contributed by atoms with Crippen LogP contribution in [0.3, 0.4) is 0 Å². The molecule has 1 amide bonds. The number of hydrogen-bond acceptors (Lipinski definition) is 10. The van der Waals surface area contributed by atoms with E-state index in [0.717, 1.165) is 0 Å². The van der Waals surface area contributed by atoms with E-state index in [1.54, 1.807) is 50.2 Å². The third-order valence-corrected chi connectivity index (χ3v) is 6.24. The number of esters is 1. The molecule has 1 atom stereocenters. The number of methoxy groups -OCH3 is 1. The zero-order valence-corrected chi connectivity index (χ0v) is 23.7. The summed E-state index contributed by atoms with van der Waals surface area (Å²) in [6.07, 6.45) is 1.28. The molecule has 3 N–H and O–H groups in total. The number of benzene rings is 2. The first-order valence-corrected chi connectivity index (χ1v) is 13.0. The average Bonchev–Trinajstić information content (AvgIpc) is 3.44. The van der Waals surface area contributed by atoms with Crippen molar-refractivity contribution in [1.82, 2.24) is 16.1 Å².